The van der Waals surface area contributed by atoms with Crippen LogP contribution in [0.4, 0.5) is 11.4 Å². The number of anilines is 2. The molecule has 1 amide bonds. The van der Waals surface area contributed by atoms with E-state index in [2.05, 4.69) is 33.6 Å². The summed E-state index contributed by atoms with van der Waals surface area (Å²) in [4.78, 5) is 14.9. The fraction of sp³-hybridized carbons (Fsp3) is 0.333. The van der Waals surface area contributed by atoms with Gasteiger partial charge in [-0.05, 0) is 36.8 Å². The summed E-state index contributed by atoms with van der Waals surface area (Å²) in [5.41, 5.74) is 5.09. The Labute approximate surface area is 159 Å². The molecule has 2 aromatic carbocycles. The van der Waals surface area contributed by atoms with Crippen molar-refractivity contribution in [2.45, 2.75) is 13.3 Å². The number of hydrogen-bond donors (Lipinski definition) is 2. The van der Waals surface area contributed by atoms with Crippen molar-refractivity contribution in [1.29, 1.82) is 0 Å². The van der Waals surface area contributed by atoms with Crippen molar-refractivity contribution in [2.24, 2.45) is 7.05 Å². The van der Waals surface area contributed by atoms with Gasteiger partial charge in [0.15, 0.2) is 0 Å². The minimum Gasteiger partial charge on any atom is -0.369 e. The average molecular weight is 363 g/mol. The summed E-state index contributed by atoms with van der Waals surface area (Å²) in [5.74, 6) is -0.0480. The van der Waals surface area contributed by atoms with Gasteiger partial charge in [-0.2, -0.15) is 5.10 Å². The first-order valence-electron chi connectivity index (χ1n) is 9.38. The average Bonchev–Trinajstić information content (AvgIpc) is 2.98. The van der Waals surface area contributed by atoms with Crippen LogP contribution < -0.4 is 15.5 Å². The molecule has 1 aliphatic rings. The largest absolute Gasteiger partial charge is 0.369 e. The highest BCUT2D eigenvalue weighted by molar-refractivity contribution is 5.95. The highest BCUT2D eigenvalue weighted by Crippen LogP contribution is 2.24. The van der Waals surface area contributed by atoms with Crippen LogP contribution in [0.1, 0.15) is 11.3 Å². The third kappa shape index (κ3) is 3.66. The molecule has 6 nitrogen and oxygen atoms in total. The van der Waals surface area contributed by atoms with Gasteiger partial charge in [-0.1, -0.05) is 18.2 Å². The van der Waals surface area contributed by atoms with E-state index in [9.17, 15) is 4.79 Å². The standard InChI is InChI=1S/C21H25N5O/c1-15-13-16(7-8-19(15)26-11-9-22-10-12-26)23-21(27)14-18-17-5-3-4-6-20(17)25(2)24-18/h3-8,13,22H,9-12,14H2,1-2H3,(H,23,27). The first-order chi connectivity index (χ1) is 13.1. The third-order valence-corrected chi connectivity index (χ3v) is 5.10. The number of hydrogen-bond acceptors (Lipinski definition) is 4. The quantitative estimate of drug-likeness (QED) is 0.748. The molecule has 0 bridgehead atoms. The van der Waals surface area contributed by atoms with Crippen LogP contribution in [0.15, 0.2) is 42.5 Å². The third-order valence-electron chi connectivity index (χ3n) is 5.10. The van der Waals surface area contributed by atoms with Gasteiger partial charge in [0.1, 0.15) is 0 Å². The summed E-state index contributed by atoms with van der Waals surface area (Å²) in [5, 5.41) is 11.9. The van der Waals surface area contributed by atoms with Gasteiger partial charge in [-0.3, -0.25) is 9.48 Å². The molecule has 0 spiro atoms. The molecule has 3 aromatic rings. The van der Waals surface area contributed by atoms with Crippen LogP contribution in [-0.4, -0.2) is 41.9 Å². The molecule has 0 radical (unpaired) electrons. The van der Waals surface area contributed by atoms with E-state index in [1.165, 1.54) is 11.3 Å². The van der Waals surface area contributed by atoms with Gasteiger partial charge in [0.25, 0.3) is 0 Å². The van der Waals surface area contributed by atoms with Gasteiger partial charge in [0.2, 0.25) is 5.91 Å². The molecular weight excluding hydrogens is 338 g/mol. The molecule has 0 atom stereocenters. The fourth-order valence-corrected chi connectivity index (χ4v) is 3.77. The maximum Gasteiger partial charge on any atom is 0.230 e. The molecule has 27 heavy (non-hydrogen) atoms. The van der Waals surface area contributed by atoms with Gasteiger partial charge in [-0.25, -0.2) is 0 Å². The molecule has 2 heterocycles. The Bertz CT molecular complexity index is 972. The van der Waals surface area contributed by atoms with Crippen molar-refractivity contribution in [3.63, 3.8) is 0 Å². The number of amides is 1. The molecular formula is C21H25N5O. The van der Waals surface area contributed by atoms with E-state index in [1.807, 2.05) is 48.1 Å². The normalized spacial score (nSPS) is 14.5. The van der Waals surface area contributed by atoms with E-state index in [0.717, 1.165) is 48.5 Å². The molecule has 140 valence electrons. The van der Waals surface area contributed by atoms with Crippen molar-refractivity contribution in [1.82, 2.24) is 15.1 Å². The van der Waals surface area contributed by atoms with Crippen LogP contribution in [0, 0.1) is 6.92 Å². The van der Waals surface area contributed by atoms with E-state index in [4.69, 9.17) is 0 Å². The maximum absolute atomic E-state index is 12.6. The molecule has 0 saturated carbocycles. The number of aromatic nitrogens is 2. The number of benzene rings is 2. The van der Waals surface area contributed by atoms with Crippen LogP contribution in [0.2, 0.25) is 0 Å². The number of rotatable bonds is 4. The number of nitrogens with zero attached hydrogens (tertiary/aromatic N) is 3. The SMILES string of the molecule is Cc1cc(NC(=O)Cc2nn(C)c3ccccc23)ccc1N1CCNCC1. The molecule has 4 rings (SSSR count). The topological polar surface area (TPSA) is 62.2 Å². The lowest BCUT2D eigenvalue weighted by Crippen LogP contribution is -2.43. The van der Waals surface area contributed by atoms with Gasteiger partial charge in [0.05, 0.1) is 17.6 Å². The lowest BCUT2D eigenvalue weighted by atomic mass is 10.1. The molecule has 6 heteroatoms. The summed E-state index contributed by atoms with van der Waals surface area (Å²) in [6.07, 6.45) is 0.264. The number of nitrogens with one attached hydrogen (secondary N) is 2. The van der Waals surface area contributed by atoms with E-state index in [1.54, 1.807) is 0 Å². The van der Waals surface area contributed by atoms with Crippen molar-refractivity contribution in [2.75, 3.05) is 36.4 Å². The highest BCUT2D eigenvalue weighted by Gasteiger charge is 2.15. The zero-order valence-corrected chi connectivity index (χ0v) is 15.8. The van der Waals surface area contributed by atoms with E-state index in [-0.39, 0.29) is 12.3 Å². The van der Waals surface area contributed by atoms with Crippen molar-refractivity contribution in [3.8, 4) is 0 Å². The first kappa shape index (κ1) is 17.5. The lowest BCUT2D eigenvalue weighted by Gasteiger charge is -2.30. The molecule has 1 fully saturated rings. The summed E-state index contributed by atoms with van der Waals surface area (Å²) < 4.78 is 1.82. The Kier molecular flexibility index (Phi) is 4.81. The van der Waals surface area contributed by atoms with E-state index < -0.39 is 0 Å². The maximum atomic E-state index is 12.6. The number of carbonyl (C=O) groups is 1. The molecule has 0 aliphatic carbocycles. The summed E-state index contributed by atoms with van der Waals surface area (Å²) in [6.45, 7) is 6.14. The predicted molar refractivity (Wildman–Crippen MR) is 109 cm³/mol. The minimum absolute atomic E-state index is 0.0480. The number of aryl methyl sites for hydroxylation is 2. The van der Waals surface area contributed by atoms with Crippen LogP contribution in [0.5, 0.6) is 0 Å². The van der Waals surface area contributed by atoms with E-state index >= 15 is 0 Å². The molecule has 1 saturated heterocycles. The highest BCUT2D eigenvalue weighted by atomic mass is 16.1. The first-order valence-corrected chi connectivity index (χ1v) is 9.38. The Morgan fingerprint density at radius 1 is 1.19 bits per heavy atom. The molecule has 1 aromatic heterocycles. The van der Waals surface area contributed by atoms with Crippen molar-refractivity contribution >= 4 is 28.2 Å². The van der Waals surface area contributed by atoms with Gasteiger partial charge in [-0.15, -0.1) is 0 Å². The van der Waals surface area contributed by atoms with Crippen LogP contribution in [0.3, 0.4) is 0 Å². The smallest absolute Gasteiger partial charge is 0.230 e. The summed E-state index contributed by atoms with van der Waals surface area (Å²) in [7, 11) is 1.90. The number of carbonyl (C=O) groups excluding carboxylic acids is 1. The Balaban J connectivity index is 1.47. The minimum atomic E-state index is -0.0480. The van der Waals surface area contributed by atoms with Crippen LogP contribution in [0.25, 0.3) is 10.9 Å². The van der Waals surface area contributed by atoms with Gasteiger partial charge < -0.3 is 15.5 Å². The monoisotopic (exact) mass is 363 g/mol. The molecule has 2 N–H and O–H groups in total. The van der Waals surface area contributed by atoms with E-state index in [0.29, 0.717) is 0 Å². The zero-order valence-electron chi connectivity index (χ0n) is 15.8. The van der Waals surface area contributed by atoms with Crippen LogP contribution >= 0.6 is 0 Å². The predicted octanol–water partition coefficient (Wildman–Crippen LogP) is 2.47. The lowest BCUT2D eigenvalue weighted by molar-refractivity contribution is -0.115. The Hall–Kier alpha value is -2.86. The van der Waals surface area contributed by atoms with Crippen LogP contribution in [-0.2, 0) is 18.3 Å². The second-order valence-corrected chi connectivity index (χ2v) is 7.05. The summed E-state index contributed by atoms with van der Waals surface area (Å²) >= 11 is 0. The number of para-hydroxylation sites is 1. The van der Waals surface area contributed by atoms with Crippen molar-refractivity contribution < 1.29 is 4.79 Å². The van der Waals surface area contributed by atoms with Gasteiger partial charge in [0, 0.05) is 50.0 Å². The second kappa shape index (κ2) is 7.40. The molecule has 0 unspecified atom stereocenters. The number of fused-ring (bicyclic) bond motifs is 1. The summed E-state index contributed by atoms with van der Waals surface area (Å²) in [6, 6.07) is 14.1. The Morgan fingerprint density at radius 3 is 2.74 bits per heavy atom. The Morgan fingerprint density at radius 2 is 1.96 bits per heavy atom. The fourth-order valence-electron chi connectivity index (χ4n) is 3.77. The molecule has 1 aliphatic heterocycles. The zero-order chi connectivity index (χ0) is 18.8. The second-order valence-electron chi connectivity index (χ2n) is 7.05. The number of piperazine rings is 1. The van der Waals surface area contributed by atoms with Crippen molar-refractivity contribution in [3.05, 3.63) is 53.7 Å². The van der Waals surface area contributed by atoms with Gasteiger partial charge >= 0.3 is 0 Å².